The molecular weight excluding hydrogens is 406 g/mol. The van der Waals surface area contributed by atoms with Crippen LogP contribution in [0.3, 0.4) is 0 Å². The number of ether oxygens (including phenoxy) is 1. The minimum absolute atomic E-state index is 0.0305. The number of aliphatic hydroxyl groups excluding tert-OH is 1. The van der Waals surface area contributed by atoms with Gasteiger partial charge in [0, 0.05) is 24.2 Å². The largest absolute Gasteiger partial charge is 0.488 e. The van der Waals surface area contributed by atoms with Gasteiger partial charge in [-0.2, -0.15) is 5.26 Å². The van der Waals surface area contributed by atoms with Crippen molar-refractivity contribution in [3.05, 3.63) is 58.9 Å². The Morgan fingerprint density at radius 3 is 2.59 bits per heavy atom. The number of carboxylic acids is 1. The third-order valence-electron chi connectivity index (χ3n) is 5.80. The van der Waals surface area contributed by atoms with Gasteiger partial charge in [-0.05, 0) is 62.3 Å². The molecule has 1 aliphatic carbocycles. The second-order valence-corrected chi connectivity index (χ2v) is 9.13. The van der Waals surface area contributed by atoms with Gasteiger partial charge in [-0.3, -0.25) is 4.79 Å². The van der Waals surface area contributed by atoms with Crippen molar-refractivity contribution in [1.29, 1.82) is 5.26 Å². The number of carboxylic acid groups (broad SMARTS) is 1. The predicted molar refractivity (Wildman–Crippen MR) is 120 cm³/mol. The van der Waals surface area contributed by atoms with E-state index in [0.717, 1.165) is 19.3 Å². The summed E-state index contributed by atoms with van der Waals surface area (Å²) in [5, 5.41) is 31.9. The molecule has 170 valence electrons. The van der Waals surface area contributed by atoms with Crippen LogP contribution < -0.4 is 10.1 Å². The standard InChI is InChI=1S/C25H31N3O4/c1-25(2,13-17-11-18-5-3-4-6-19(18)12-17)27-15-21(29)16-32-23-9-7-20(8-10-24(30)31)28-22(23)14-26/h3-7,9,17,21,27,29H,8,10-13,15-16H2,1-2H3,(H,30,31). The Kier molecular flexibility index (Phi) is 7.84. The predicted octanol–water partition coefficient (Wildman–Crippen LogP) is 2.88. The number of pyridine rings is 1. The highest BCUT2D eigenvalue weighted by atomic mass is 16.5. The van der Waals surface area contributed by atoms with Crippen LogP contribution in [-0.4, -0.2) is 46.0 Å². The van der Waals surface area contributed by atoms with Gasteiger partial charge in [-0.15, -0.1) is 0 Å². The molecule has 2 aromatic rings. The Bertz CT molecular complexity index is 958. The fourth-order valence-electron chi connectivity index (χ4n) is 4.28. The zero-order valence-electron chi connectivity index (χ0n) is 18.7. The van der Waals surface area contributed by atoms with Gasteiger partial charge >= 0.3 is 5.97 Å². The van der Waals surface area contributed by atoms with Crippen LogP contribution in [0.5, 0.6) is 5.75 Å². The van der Waals surface area contributed by atoms with E-state index in [2.05, 4.69) is 48.4 Å². The maximum absolute atomic E-state index is 10.7. The highest BCUT2D eigenvalue weighted by Crippen LogP contribution is 2.31. The second kappa shape index (κ2) is 10.6. The maximum Gasteiger partial charge on any atom is 0.303 e. The normalized spacial score (nSPS) is 14.6. The Morgan fingerprint density at radius 1 is 1.28 bits per heavy atom. The van der Waals surface area contributed by atoms with E-state index in [0.29, 0.717) is 18.2 Å². The minimum Gasteiger partial charge on any atom is -0.488 e. The van der Waals surface area contributed by atoms with E-state index in [1.54, 1.807) is 12.1 Å². The van der Waals surface area contributed by atoms with E-state index in [4.69, 9.17) is 9.84 Å². The van der Waals surface area contributed by atoms with Crippen molar-refractivity contribution in [3.63, 3.8) is 0 Å². The number of hydrogen-bond donors (Lipinski definition) is 3. The van der Waals surface area contributed by atoms with E-state index in [1.807, 2.05) is 6.07 Å². The SMILES string of the molecule is CC(C)(CC1Cc2ccccc2C1)NCC(O)COc1ccc(CCC(=O)O)nc1C#N. The molecule has 0 saturated carbocycles. The number of aryl methyl sites for hydroxylation is 1. The lowest BCUT2D eigenvalue weighted by Crippen LogP contribution is -2.46. The first-order valence-electron chi connectivity index (χ1n) is 11.0. The number of fused-ring (bicyclic) bond motifs is 1. The number of aliphatic carboxylic acids is 1. The maximum atomic E-state index is 10.7. The molecule has 1 aliphatic rings. The minimum atomic E-state index is -0.915. The third-order valence-corrected chi connectivity index (χ3v) is 5.80. The Labute approximate surface area is 189 Å². The molecule has 0 fully saturated rings. The number of aromatic nitrogens is 1. The number of β-amino-alcohol motifs (C(OH)–C–C–N with tert-alkyl or cyclic N) is 1. The average molecular weight is 438 g/mol. The number of nitrogens with zero attached hydrogens (tertiary/aromatic N) is 2. The molecule has 0 saturated heterocycles. The molecule has 1 unspecified atom stereocenters. The van der Waals surface area contributed by atoms with Crippen LogP contribution in [0.2, 0.25) is 0 Å². The molecule has 3 rings (SSSR count). The molecule has 7 heteroatoms. The lowest BCUT2D eigenvalue weighted by molar-refractivity contribution is -0.136. The summed E-state index contributed by atoms with van der Waals surface area (Å²) in [6.45, 7) is 4.70. The topological polar surface area (TPSA) is 115 Å². The molecule has 3 N–H and O–H groups in total. The van der Waals surface area contributed by atoms with Gasteiger partial charge in [0.15, 0.2) is 11.4 Å². The summed E-state index contributed by atoms with van der Waals surface area (Å²) in [4.78, 5) is 14.9. The van der Waals surface area contributed by atoms with Gasteiger partial charge in [0.2, 0.25) is 0 Å². The first kappa shape index (κ1) is 23.7. The number of rotatable bonds is 11. The first-order valence-corrected chi connectivity index (χ1v) is 11.0. The van der Waals surface area contributed by atoms with Crippen LogP contribution in [-0.2, 0) is 24.1 Å². The Balaban J connectivity index is 1.45. The van der Waals surface area contributed by atoms with Gasteiger partial charge in [0.05, 0.1) is 6.42 Å². The number of hydrogen-bond acceptors (Lipinski definition) is 6. The second-order valence-electron chi connectivity index (χ2n) is 9.13. The summed E-state index contributed by atoms with van der Waals surface area (Å²) in [5.74, 6) is -0.0394. The highest BCUT2D eigenvalue weighted by molar-refractivity contribution is 5.67. The van der Waals surface area contributed by atoms with Gasteiger partial charge in [-0.1, -0.05) is 24.3 Å². The van der Waals surface area contributed by atoms with Crippen LogP contribution in [0, 0.1) is 17.2 Å². The molecule has 0 amide bonds. The van der Waals surface area contributed by atoms with Crippen molar-refractivity contribution in [2.45, 2.75) is 57.6 Å². The molecule has 0 radical (unpaired) electrons. The molecular formula is C25H31N3O4. The van der Waals surface area contributed by atoms with E-state index < -0.39 is 12.1 Å². The van der Waals surface area contributed by atoms with Crippen molar-refractivity contribution in [2.75, 3.05) is 13.2 Å². The summed E-state index contributed by atoms with van der Waals surface area (Å²) in [5.41, 5.74) is 3.37. The van der Waals surface area contributed by atoms with Gasteiger partial charge in [0.25, 0.3) is 0 Å². The van der Waals surface area contributed by atoms with E-state index in [1.165, 1.54) is 11.1 Å². The third kappa shape index (κ3) is 6.78. The lowest BCUT2D eigenvalue weighted by atomic mass is 9.88. The summed E-state index contributed by atoms with van der Waals surface area (Å²) < 4.78 is 5.62. The Hall–Kier alpha value is -2.95. The monoisotopic (exact) mass is 437 g/mol. The number of benzene rings is 1. The molecule has 32 heavy (non-hydrogen) atoms. The van der Waals surface area contributed by atoms with Crippen LogP contribution in [0.4, 0.5) is 0 Å². The van der Waals surface area contributed by atoms with Crippen molar-refractivity contribution >= 4 is 5.97 Å². The number of nitrogens with one attached hydrogen (secondary N) is 1. The number of nitriles is 1. The quantitative estimate of drug-likeness (QED) is 0.495. The van der Waals surface area contributed by atoms with Gasteiger partial charge in [0.1, 0.15) is 18.8 Å². The summed E-state index contributed by atoms with van der Waals surface area (Å²) in [6.07, 6.45) is 2.66. The number of aliphatic hydroxyl groups is 1. The summed E-state index contributed by atoms with van der Waals surface area (Å²) >= 11 is 0. The zero-order valence-corrected chi connectivity index (χ0v) is 18.7. The van der Waals surface area contributed by atoms with E-state index >= 15 is 0 Å². The fourth-order valence-corrected chi connectivity index (χ4v) is 4.28. The molecule has 1 aromatic carbocycles. The zero-order chi connectivity index (χ0) is 23.1. The van der Waals surface area contributed by atoms with Gasteiger partial charge in [-0.25, -0.2) is 4.98 Å². The van der Waals surface area contributed by atoms with Crippen LogP contribution in [0.1, 0.15) is 49.2 Å². The van der Waals surface area contributed by atoms with Crippen LogP contribution >= 0.6 is 0 Å². The van der Waals surface area contributed by atoms with Crippen molar-refractivity contribution < 1.29 is 19.7 Å². The van der Waals surface area contributed by atoms with Crippen molar-refractivity contribution in [3.8, 4) is 11.8 Å². The van der Waals surface area contributed by atoms with Crippen LogP contribution in [0.15, 0.2) is 36.4 Å². The summed E-state index contributed by atoms with van der Waals surface area (Å²) in [6, 6.07) is 13.8. The molecule has 7 nitrogen and oxygen atoms in total. The smallest absolute Gasteiger partial charge is 0.303 e. The molecule has 0 spiro atoms. The van der Waals surface area contributed by atoms with E-state index in [-0.39, 0.29) is 36.4 Å². The molecule has 1 atom stereocenters. The van der Waals surface area contributed by atoms with E-state index in [9.17, 15) is 15.2 Å². The molecule has 0 aliphatic heterocycles. The molecule has 1 aromatic heterocycles. The molecule has 1 heterocycles. The highest BCUT2D eigenvalue weighted by Gasteiger charge is 2.28. The lowest BCUT2D eigenvalue weighted by Gasteiger charge is -2.30. The van der Waals surface area contributed by atoms with Gasteiger partial charge < -0.3 is 20.3 Å². The Morgan fingerprint density at radius 2 is 1.97 bits per heavy atom. The van der Waals surface area contributed by atoms with Crippen molar-refractivity contribution in [2.24, 2.45) is 5.92 Å². The fraction of sp³-hybridized carbons (Fsp3) is 0.480. The molecule has 0 bridgehead atoms. The first-order chi connectivity index (χ1) is 15.3. The average Bonchev–Trinajstić information content (AvgIpc) is 3.16. The summed E-state index contributed by atoms with van der Waals surface area (Å²) in [7, 11) is 0. The van der Waals surface area contributed by atoms with Crippen molar-refractivity contribution in [1.82, 2.24) is 10.3 Å². The van der Waals surface area contributed by atoms with Crippen LogP contribution in [0.25, 0.3) is 0 Å². The number of carbonyl (C=O) groups is 1.